The number of benzene rings is 1. The summed E-state index contributed by atoms with van der Waals surface area (Å²) in [6, 6.07) is 7.13. The number of thioether (sulfide) groups is 1. The average molecular weight is 507 g/mol. The maximum absolute atomic E-state index is 12.9. The molecule has 3 rings (SSSR count). The fourth-order valence-corrected chi connectivity index (χ4v) is 4.69. The van der Waals surface area contributed by atoms with Gasteiger partial charge in [0.1, 0.15) is 9.99 Å². The zero-order valence-corrected chi connectivity index (χ0v) is 19.9. The minimum Gasteiger partial charge on any atom is -0.497 e. The van der Waals surface area contributed by atoms with Gasteiger partial charge in [-0.2, -0.15) is 0 Å². The van der Waals surface area contributed by atoms with E-state index >= 15 is 0 Å². The Kier molecular flexibility index (Phi) is 7.46. The van der Waals surface area contributed by atoms with Crippen molar-refractivity contribution >= 4 is 56.0 Å². The summed E-state index contributed by atoms with van der Waals surface area (Å²) in [7, 11) is -2.65. The molecule has 0 atom stereocenters. The van der Waals surface area contributed by atoms with E-state index < -0.39 is 16.1 Å². The number of urea groups is 1. The molecule has 1 aromatic carbocycles. The van der Waals surface area contributed by atoms with Crippen molar-refractivity contribution in [3.05, 3.63) is 74.2 Å². The number of carbonyl (C=O) groups is 1. The van der Waals surface area contributed by atoms with Gasteiger partial charge in [-0.05, 0) is 37.3 Å². The van der Waals surface area contributed by atoms with Gasteiger partial charge in [-0.1, -0.05) is 36.0 Å². The Bertz CT molecular complexity index is 1420. The number of ether oxygens (including phenoxy) is 1. The molecule has 2 aromatic heterocycles. The molecule has 12 heteroatoms. The fraction of sp³-hybridized carbons (Fsp3) is 0.0952. The minimum atomic E-state index is -4.16. The highest BCUT2D eigenvalue weighted by Crippen LogP contribution is 2.30. The van der Waals surface area contributed by atoms with E-state index in [2.05, 4.69) is 21.9 Å². The quantitative estimate of drug-likeness (QED) is 0.434. The molecule has 0 unspecified atom stereocenters. The lowest BCUT2D eigenvalue weighted by molar-refractivity contribution is 0.256. The highest BCUT2D eigenvalue weighted by Gasteiger charge is 2.20. The second-order valence-corrected chi connectivity index (χ2v) is 10.2. The molecule has 33 heavy (non-hydrogen) atoms. The lowest BCUT2D eigenvalue weighted by atomic mass is 10.1. The third kappa shape index (κ3) is 5.75. The molecule has 3 aromatic rings. The SMILES string of the molecule is C=C(S/C(Cl)=C\C)S(=O)(=O)NC(=O)Nc1ccc(-c2c[nH]c3ccc(OC)cc3c2=O)nc1. The first-order valence-corrected chi connectivity index (χ1v) is 12.0. The van der Waals surface area contributed by atoms with E-state index in [1.807, 2.05) is 4.72 Å². The Morgan fingerprint density at radius 1 is 1.30 bits per heavy atom. The van der Waals surface area contributed by atoms with Gasteiger partial charge in [0.2, 0.25) is 0 Å². The number of carbonyl (C=O) groups excluding carboxylic acids is 1. The zero-order valence-electron chi connectivity index (χ0n) is 17.5. The molecular formula is C21H19ClN4O5S2. The second kappa shape index (κ2) is 10.1. The van der Waals surface area contributed by atoms with Gasteiger partial charge in [0.25, 0.3) is 10.0 Å². The second-order valence-electron chi connectivity index (χ2n) is 6.50. The van der Waals surface area contributed by atoms with Crippen molar-refractivity contribution in [2.24, 2.45) is 0 Å². The van der Waals surface area contributed by atoms with Crippen LogP contribution in [0.1, 0.15) is 6.92 Å². The predicted octanol–water partition coefficient (Wildman–Crippen LogP) is 4.35. The van der Waals surface area contributed by atoms with Gasteiger partial charge in [0.05, 0.1) is 34.6 Å². The lowest BCUT2D eigenvalue weighted by Crippen LogP contribution is -2.34. The smallest absolute Gasteiger partial charge is 0.333 e. The van der Waals surface area contributed by atoms with Crippen molar-refractivity contribution in [3.63, 3.8) is 0 Å². The molecular weight excluding hydrogens is 488 g/mol. The van der Waals surface area contributed by atoms with Crippen molar-refractivity contribution < 1.29 is 17.9 Å². The number of methoxy groups -OCH3 is 1. The number of allylic oxidation sites excluding steroid dienone is 1. The molecule has 0 fully saturated rings. The van der Waals surface area contributed by atoms with Crippen LogP contribution in [0.5, 0.6) is 5.75 Å². The Morgan fingerprint density at radius 2 is 2.06 bits per heavy atom. The maximum Gasteiger partial charge on any atom is 0.333 e. The molecule has 9 nitrogen and oxygen atoms in total. The van der Waals surface area contributed by atoms with Crippen LogP contribution in [0, 0.1) is 0 Å². The first kappa shape index (κ1) is 24.4. The monoisotopic (exact) mass is 506 g/mol. The molecule has 0 radical (unpaired) electrons. The average Bonchev–Trinajstić information content (AvgIpc) is 2.79. The molecule has 3 N–H and O–H groups in total. The van der Waals surface area contributed by atoms with E-state index in [0.29, 0.717) is 39.7 Å². The number of anilines is 1. The van der Waals surface area contributed by atoms with Crippen LogP contribution >= 0.6 is 23.4 Å². The molecule has 0 saturated heterocycles. The number of aromatic amines is 1. The number of hydrogen-bond acceptors (Lipinski definition) is 7. The zero-order chi connectivity index (χ0) is 24.2. The van der Waals surface area contributed by atoms with Crippen LogP contribution in [-0.2, 0) is 10.0 Å². The lowest BCUT2D eigenvalue weighted by Gasteiger charge is -2.10. The number of sulfonamides is 1. The van der Waals surface area contributed by atoms with E-state index in [4.69, 9.17) is 16.3 Å². The van der Waals surface area contributed by atoms with Crippen LogP contribution in [-0.4, -0.2) is 31.5 Å². The molecule has 172 valence electrons. The van der Waals surface area contributed by atoms with Crippen molar-refractivity contribution in [1.29, 1.82) is 0 Å². The Labute approximate surface area is 199 Å². The summed E-state index contributed by atoms with van der Waals surface area (Å²) >= 11 is 6.50. The van der Waals surface area contributed by atoms with Crippen LogP contribution < -0.4 is 20.2 Å². The molecule has 0 saturated carbocycles. The van der Waals surface area contributed by atoms with Crippen LogP contribution in [0.2, 0.25) is 0 Å². The largest absolute Gasteiger partial charge is 0.497 e. The van der Waals surface area contributed by atoms with Gasteiger partial charge < -0.3 is 15.0 Å². The van der Waals surface area contributed by atoms with Gasteiger partial charge in [0.15, 0.2) is 5.43 Å². The van der Waals surface area contributed by atoms with Crippen LogP contribution in [0.3, 0.4) is 0 Å². The van der Waals surface area contributed by atoms with Gasteiger partial charge in [0, 0.05) is 17.1 Å². The molecule has 0 bridgehead atoms. The van der Waals surface area contributed by atoms with E-state index in [-0.39, 0.29) is 19.7 Å². The number of rotatable bonds is 7. The topological polar surface area (TPSA) is 130 Å². The number of H-pyrrole nitrogens is 1. The third-order valence-corrected chi connectivity index (χ3v) is 7.42. The highest BCUT2D eigenvalue weighted by molar-refractivity contribution is 8.21. The van der Waals surface area contributed by atoms with E-state index in [0.717, 1.165) is 0 Å². The van der Waals surface area contributed by atoms with Crippen LogP contribution in [0.4, 0.5) is 10.5 Å². The van der Waals surface area contributed by atoms with Crippen molar-refractivity contribution in [2.75, 3.05) is 12.4 Å². The number of halogens is 1. The fourth-order valence-electron chi connectivity index (χ4n) is 2.70. The standard InChI is InChI=1S/C21H19ClN4O5S2/c1-4-19(22)32-12(2)33(29,30)26-21(28)25-13-5-7-18(23-10-13)16-11-24-17-8-6-14(31-3)9-15(17)20(16)27/h4-11H,2H2,1,3H3,(H,24,27)(H2,25,26,28)/b19-4-. The Morgan fingerprint density at radius 3 is 2.70 bits per heavy atom. The first-order valence-electron chi connectivity index (χ1n) is 9.33. The number of amides is 2. The molecule has 2 amide bonds. The minimum absolute atomic E-state index is 0.202. The molecule has 0 aliphatic carbocycles. The summed E-state index contributed by atoms with van der Waals surface area (Å²) in [6.45, 7) is 5.05. The van der Waals surface area contributed by atoms with Crippen LogP contribution in [0.15, 0.2) is 68.8 Å². The van der Waals surface area contributed by atoms with Gasteiger partial charge in [-0.3, -0.25) is 9.78 Å². The van der Waals surface area contributed by atoms with Gasteiger partial charge in [-0.15, -0.1) is 0 Å². The summed E-state index contributed by atoms with van der Waals surface area (Å²) < 4.78 is 31.2. The number of nitrogens with one attached hydrogen (secondary N) is 3. The van der Waals surface area contributed by atoms with Gasteiger partial charge in [-0.25, -0.2) is 17.9 Å². The Hall–Kier alpha value is -3.28. The first-order chi connectivity index (χ1) is 15.6. The number of hydrogen-bond donors (Lipinski definition) is 3. The Balaban J connectivity index is 1.75. The summed E-state index contributed by atoms with van der Waals surface area (Å²) in [5.74, 6) is 0.549. The predicted molar refractivity (Wildman–Crippen MR) is 132 cm³/mol. The molecule has 0 aliphatic heterocycles. The van der Waals surface area contributed by atoms with Crippen molar-refractivity contribution in [2.45, 2.75) is 6.92 Å². The summed E-state index contributed by atoms with van der Waals surface area (Å²) in [6.07, 6.45) is 4.35. The third-order valence-electron chi connectivity index (χ3n) is 4.35. The molecule has 0 spiro atoms. The van der Waals surface area contributed by atoms with E-state index in [1.165, 1.54) is 31.5 Å². The molecule has 0 aliphatic rings. The number of pyridine rings is 2. The van der Waals surface area contributed by atoms with E-state index in [9.17, 15) is 18.0 Å². The van der Waals surface area contributed by atoms with Crippen LogP contribution in [0.25, 0.3) is 22.2 Å². The summed E-state index contributed by atoms with van der Waals surface area (Å²) in [5.41, 5.74) is 1.32. The maximum atomic E-state index is 12.9. The number of aromatic nitrogens is 2. The van der Waals surface area contributed by atoms with E-state index in [1.54, 1.807) is 31.3 Å². The van der Waals surface area contributed by atoms with Crippen molar-refractivity contribution in [1.82, 2.24) is 14.7 Å². The number of fused-ring (bicyclic) bond motifs is 1. The summed E-state index contributed by atoms with van der Waals surface area (Å²) in [4.78, 5) is 32.3. The van der Waals surface area contributed by atoms with Crippen molar-refractivity contribution in [3.8, 4) is 17.0 Å². The van der Waals surface area contributed by atoms with Gasteiger partial charge >= 0.3 is 6.03 Å². The molecule has 2 heterocycles. The highest BCUT2D eigenvalue weighted by atomic mass is 35.5. The summed E-state index contributed by atoms with van der Waals surface area (Å²) in [5, 5.41) is 2.81. The number of nitrogens with zero attached hydrogens (tertiary/aromatic N) is 1. The normalized spacial score (nSPS) is 11.8.